The molecular weight excluding hydrogens is 274 g/mol. The topological polar surface area (TPSA) is 24.9 Å². The van der Waals surface area contributed by atoms with Crippen LogP contribution < -0.4 is 5.32 Å². The first-order valence-electron chi connectivity index (χ1n) is 5.34. The number of nitrogens with one attached hydrogen (secondary N) is 1. The number of halogens is 3. The summed E-state index contributed by atoms with van der Waals surface area (Å²) in [7, 11) is 1.79. The van der Waals surface area contributed by atoms with Gasteiger partial charge in [0.15, 0.2) is 0 Å². The zero-order valence-electron chi connectivity index (χ0n) is 9.62. The third-order valence-electron chi connectivity index (χ3n) is 2.63. The Bertz CT molecular complexity index is 560. The van der Waals surface area contributed by atoms with Crippen LogP contribution in [0, 0.1) is 5.82 Å². The van der Waals surface area contributed by atoms with E-state index in [1.807, 2.05) is 6.07 Å². The van der Waals surface area contributed by atoms with Gasteiger partial charge in [-0.1, -0.05) is 29.3 Å². The molecule has 1 aromatic heterocycles. The van der Waals surface area contributed by atoms with Crippen molar-refractivity contribution in [3.63, 3.8) is 0 Å². The van der Waals surface area contributed by atoms with Gasteiger partial charge in [-0.2, -0.15) is 0 Å². The minimum Gasteiger partial charge on any atom is -0.309 e. The summed E-state index contributed by atoms with van der Waals surface area (Å²) in [6.45, 7) is 0. The second-order valence-corrected chi connectivity index (χ2v) is 4.65. The molecule has 0 bridgehead atoms. The summed E-state index contributed by atoms with van der Waals surface area (Å²) in [4.78, 5) is 3.84. The third-order valence-corrected chi connectivity index (χ3v) is 3.36. The lowest BCUT2D eigenvalue weighted by Crippen LogP contribution is -2.18. The molecule has 94 valence electrons. The largest absolute Gasteiger partial charge is 0.309 e. The van der Waals surface area contributed by atoms with Crippen molar-refractivity contribution in [2.24, 2.45) is 0 Å². The van der Waals surface area contributed by atoms with E-state index in [-0.39, 0.29) is 11.9 Å². The van der Waals surface area contributed by atoms with Gasteiger partial charge in [0, 0.05) is 6.20 Å². The zero-order chi connectivity index (χ0) is 13.1. The van der Waals surface area contributed by atoms with Gasteiger partial charge < -0.3 is 5.32 Å². The average Bonchev–Trinajstić information content (AvgIpc) is 2.35. The van der Waals surface area contributed by atoms with Crippen LogP contribution in [0.4, 0.5) is 4.39 Å². The highest BCUT2D eigenvalue weighted by Gasteiger charge is 2.14. The van der Waals surface area contributed by atoms with Crippen LogP contribution in [-0.2, 0) is 0 Å². The monoisotopic (exact) mass is 284 g/mol. The molecule has 0 spiro atoms. The summed E-state index contributed by atoms with van der Waals surface area (Å²) in [5, 5.41) is 4.06. The van der Waals surface area contributed by atoms with Crippen molar-refractivity contribution in [1.82, 2.24) is 10.3 Å². The van der Waals surface area contributed by atoms with E-state index in [0.29, 0.717) is 10.0 Å². The molecule has 0 aliphatic heterocycles. The van der Waals surface area contributed by atoms with Crippen molar-refractivity contribution in [3.8, 4) is 0 Å². The summed E-state index contributed by atoms with van der Waals surface area (Å²) in [6.07, 6.45) is 2.79. The Labute approximate surface area is 115 Å². The van der Waals surface area contributed by atoms with Gasteiger partial charge >= 0.3 is 0 Å². The standard InChI is InChI=1S/C13H11Cl2FN2/c1-17-13(9-4-10(16)7-18-6-9)8-2-3-11(14)12(15)5-8/h2-7,13,17H,1H3. The van der Waals surface area contributed by atoms with E-state index >= 15 is 0 Å². The molecule has 2 aromatic rings. The van der Waals surface area contributed by atoms with Gasteiger partial charge in [0.05, 0.1) is 22.3 Å². The van der Waals surface area contributed by atoms with Crippen molar-refractivity contribution in [2.45, 2.75) is 6.04 Å². The Morgan fingerprint density at radius 1 is 1.11 bits per heavy atom. The van der Waals surface area contributed by atoms with Crippen LogP contribution in [0.2, 0.25) is 10.0 Å². The number of rotatable bonds is 3. The lowest BCUT2D eigenvalue weighted by Gasteiger charge is -2.17. The van der Waals surface area contributed by atoms with E-state index in [0.717, 1.165) is 11.1 Å². The lowest BCUT2D eigenvalue weighted by molar-refractivity contribution is 0.608. The molecule has 0 fully saturated rings. The molecule has 1 aromatic carbocycles. The molecule has 0 amide bonds. The van der Waals surface area contributed by atoms with Gasteiger partial charge in [-0.05, 0) is 36.4 Å². The molecule has 0 aliphatic carbocycles. The summed E-state index contributed by atoms with van der Waals surface area (Å²) >= 11 is 11.9. The van der Waals surface area contributed by atoms with Gasteiger partial charge in [-0.15, -0.1) is 0 Å². The normalized spacial score (nSPS) is 12.4. The Hall–Kier alpha value is -1.16. The lowest BCUT2D eigenvalue weighted by atomic mass is 10.0. The minimum atomic E-state index is -0.368. The molecular formula is C13H11Cl2FN2. The maximum atomic E-state index is 13.2. The quantitative estimate of drug-likeness (QED) is 0.926. The smallest absolute Gasteiger partial charge is 0.141 e. The first-order chi connectivity index (χ1) is 8.61. The SMILES string of the molecule is CNC(c1cncc(F)c1)c1ccc(Cl)c(Cl)c1. The van der Waals surface area contributed by atoms with Crippen molar-refractivity contribution in [3.05, 3.63) is 63.6 Å². The van der Waals surface area contributed by atoms with Crippen LogP contribution in [0.5, 0.6) is 0 Å². The first-order valence-corrected chi connectivity index (χ1v) is 6.10. The minimum absolute atomic E-state index is 0.178. The van der Waals surface area contributed by atoms with E-state index in [1.54, 1.807) is 25.4 Å². The van der Waals surface area contributed by atoms with Crippen LogP contribution in [0.1, 0.15) is 17.2 Å². The predicted molar refractivity (Wildman–Crippen MR) is 71.6 cm³/mol. The number of hydrogen-bond donors (Lipinski definition) is 1. The highest BCUT2D eigenvalue weighted by Crippen LogP contribution is 2.28. The number of aromatic nitrogens is 1. The maximum Gasteiger partial charge on any atom is 0.141 e. The second-order valence-electron chi connectivity index (χ2n) is 3.83. The van der Waals surface area contributed by atoms with Crippen LogP contribution >= 0.6 is 23.2 Å². The number of pyridine rings is 1. The fourth-order valence-corrected chi connectivity index (χ4v) is 2.11. The van der Waals surface area contributed by atoms with Crippen LogP contribution in [0.25, 0.3) is 0 Å². The molecule has 2 nitrogen and oxygen atoms in total. The molecule has 5 heteroatoms. The zero-order valence-corrected chi connectivity index (χ0v) is 11.1. The molecule has 0 saturated heterocycles. The Morgan fingerprint density at radius 2 is 1.89 bits per heavy atom. The first kappa shape index (κ1) is 13.3. The number of nitrogens with zero attached hydrogens (tertiary/aromatic N) is 1. The molecule has 18 heavy (non-hydrogen) atoms. The molecule has 1 unspecified atom stereocenters. The van der Waals surface area contributed by atoms with Crippen molar-refractivity contribution in [1.29, 1.82) is 0 Å². The summed E-state index contributed by atoms with van der Waals surface area (Å²) in [5.41, 5.74) is 1.63. The molecule has 0 saturated carbocycles. The van der Waals surface area contributed by atoms with E-state index in [9.17, 15) is 4.39 Å². The molecule has 2 rings (SSSR count). The van der Waals surface area contributed by atoms with Gasteiger partial charge in [0.25, 0.3) is 0 Å². The van der Waals surface area contributed by atoms with E-state index in [4.69, 9.17) is 23.2 Å². The van der Waals surface area contributed by atoms with Crippen LogP contribution in [0.15, 0.2) is 36.7 Å². The van der Waals surface area contributed by atoms with Gasteiger partial charge in [0.1, 0.15) is 5.82 Å². The third kappa shape index (κ3) is 2.80. The average molecular weight is 285 g/mol. The number of hydrogen-bond acceptors (Lipinski definition) is 2. The van der Waals surface area contributed by atoms with Gasteiger partial charge in [-0.3, -0.25) is 4.98 Å². The van der Waals surface area contributed by atoms with E-state index in [2.05, 4.69) is 10.3 Å². The van der Waals surface area contributed by atoms with Gasteiger partial charge in [-0.25, -0.2) is 4.39 Å². The molecule has 0 aliphatic rings. The molecule has 0 radical (unpaired) electrons. The Balaban J connectivity index is 2.42. The summed E-state index contributed by atoms with van der Waals surface area (Å²) in [6, 6.07) is 6.59. The second kappa shape index (κ2) is 5.65. The maximum absolute atomic E-state index is 13.2. The summed E-state index contributed by atoms with van der Waals surface area (Å²) in [5.74, 6) is -0.368. The summed E-state index contributed by atoms with van der Waals surface area (Å²) < 4.78 is 13.2. The fraction of sp³-hybridized carbons (Fsp3) is 0.154. The molecule has 1 heterocycles. The molecule has 1 N–H and O–H groups in total. The highest BCUT2D eigenvalue weighted by atomic mass is 35.5. The van der Waals surface area contributed by atoms with Crippen LogP contribution in [-0.4, -0.2) is 12.0 Å². The highest BCUT2D eigenvalue weighted by molar-refractivity contribution is 6.42. The van der Waals surface area contributed by atoms with Crippen molar-refractivity contribution in [2.75, 3.05) is 7.05 Å². The number of benzene rings is 1. The van der Waals surface area contributed by atoms with Crippen molar-refractivity contribution < 1.29 is 4.39 Å². The predicted octanol–water partition coefficient (Wildman–Crippen LogP) is 3.84. The van der Waals surface area contributed by atoms with Crippen molar-refractivity contribution >= 4 is 23.2 Å². The van der Waals surface area contributed by atoms with E-state index < -0.39 is 0 Å². The van der Waals surface area contributed by atoms with E-state index in [1.165, 1.54) is 12.3 Å². The fourth-order valence-electron chi connectivity index (χ4n) is 1.80. The Kier molecular flexibility index (Phi) is 4.17. The van der Waals surface area contributed by atoms with Crippen LogP contribution in [0.3, 0.4) is 0 Å². The Morgan fingerprint density at radius 3 is 2.50 bits per heavy atom. The molecule has 1 atom stereocenters. The van der Waals surface area contributed by atoms with Gasteiger partial charge in [0.2, 0.25) is 0 Å².